The van der Waals surface area contributed by atoms with Gasteiger partial charge in [-0.3, -0.25) is 10.1 Å². The van der Waals surface area contributed by atoms with Crippen LogP contribution in [0.5, 0.6) is 5.75 Å². The zero-order valence-corrected chi connectivity index (χ0v) is 11.7. The average Bonchev–Trinajstić information content (AvgIpc) is 2.72. The van der Waals surface area contributed by atoms with E-state index in [-0.39, 0.29) is 28.4 Å². The highest BCUT2D eigenvalue weighted by Gasteiger charge is 2.26. The number of nitro benzene ring substituents is 1. The second-order valence-corrected chi connectivity index (χ2v) is 4.35. The maximum absolute atomic E-state index is 11.3. The Morgan fingerprint density at radius 2 is 2.10 bits per heavy atom. The number of hydrogen-bond acceptors (Lipinski definition) is 5. The minimum absolute atomic E-state index is 0.0344. The first kappa shape index (κ1) is 14.5. The highest BCUT2D eigenvalue weighted by Crippen LogP contribution is 2.34. The van der Waals surface area contributed by atoms with E-state index in [9.17, 15) is 20.0 Å². The zero-order valence-electron chi connectivity index (χ0n) is 11.7. The van der Waals surface area contributed by atoms with Crippen molar-refractivity contribution in [1.29, 1.82) is 0 Å². The van der Waals surface area contributed by atoms with Crippen LogP contribution in [0.25, 0.3) is 5.69 Å². The molecule has 0 spiro atoms. The molecule has 0 aliphatic heterocycles. The summed E-state index contributed by atoms with van der Waals surface area (Å²) in [4.78, 5) is 21.9. The molecule has 1 aromatic carbocycles. The number of ether oxygens (including phenoxy) is 1. The van der Waals surface area contributed by atoms with E-state index in [2.05, 4.69) is 5.10 Å². The Kier molecular flexibility index (Phi) is 3.62. The van der Waals surface area contributed by atoms with Crippen LogP contribution in [0, 0.1) is 24.0 Å². The number of carbonyl (C=O) groups is 1. The topological polar surface area (TPSA) is 107 Å². The van der Waals surface area contributed by atoms with Crippen molar-refractivity contribution in [2.24, 2.45) is 0 Å². The first-order valence-electron chi connectivity index (χ1n) is 5.99. The fraction of sp³-hybridized carbons (Fsp3) is 0.231. The Balaban J connectivity index is 2.77. The van der Waals surface area contributed by atoms with Crippen LogP contribution in [-0.2, 0) is 0 Å². The van der Waals surface area contributed by atoms with Crippen LogP contribution in [0.15, 0.2) is 18.2 Å². The molecule has 2 aromatic rings. The number of rotatable bonds is 4. The van der Waals surface area contributed by atoms with Gasteiger partial charge in [0.1, 0.15) is 11.3 Å². The summed E-state index contributed by atoms with van der Waals surface area (Å²) in [7, 11) is 1.33. The molecule has 1 N–H and O–H groups in total. The Hall–Kier alpha value is -2.90. The number of carboxylic acids is 1. The number of nitro groups is 1. The van der Waals surface area contributed by atoms with Gasteiger partial charge in [0.05, 0.1) is 23.4 Å². The van der Waals surface area contributed by atoms with Crippen LogP contribution < -0.4 is 4.74 Å². The number of nitrogens with zero attached hydrogens (tertiary/aromatic N) is 3. The lowest BCUT2D eigenvalue weighted by atomic mass is 10.2. The molecular weight excluding hydrogens is 278 g/mol. The number of aryl methyl sites for hydroxylation is 1. The van der Waals surface area contributed by atoms with Crippen molar-refractivity contribution in [2.75, 3.05) is 7.11 Å². The third-order valence-corrected chi connectivity index (χ3v) is 3.11. The smallest absolute Gasteiger partial charge is 0.339 e. The van der Waals surface area contributed by atoms with Gasteiger partial charge in [-0.05, 0) is 26.0 Å². The second-order valence-electron chi connectivity index (χ2n) is 4.35. The molecule has 1 aromatic heterocycles. The molecule has 0 radical (unpaired) electrons. The van der Waals surface area contributed by atoms with Gasteiger partial charge < -0.3 is 9.84 Å². The third kappa shape index (κ3) is 2.31. The normalized spacial score (nSPS) is 10.4. The zero-order chi connectivity index (χ0) is 15.7. The number of methoxy groups -OCH3 is 1. The molecule has 1 heterocycles. The predicted octanol–water partition coefficient (Wildman–Crippen LogP) is 2.10. The summed E-state index contributed by atoms with van der Waals surface area (Å²) < 4.78 is 6.24. The monoisotopic (exact) mass is 291 g/mol. The minimum atomic E-state index is -1.12. The van der Waals surface area contributed by atoms with Crippen LogP contribution in [0.3, 0.4) is 0 Å². The van der Waals surface area contributed by atoms with Gasteiger partial charge in [0, 0.05) is 0 Å². The van der Waals surface area contributed by atoms with Crippen LogP contribution in [-0.4, -0.2) is 32.9 Å². The summed E-state index contributed by atoms with van der Waals surface area (Å²) in [5.41, 5.74) is 0.538. The predicted molar refractivity (Wildman–Crippen MR) is 73.2 cm³/mol. The lowest BCUT2D eigenvalue weighted by Gasteiger charge is -2.08. The largest absolute Gasteiger partial charge is 0.490 e. The Morgan fingerprint density at radius 1 is 1.43 bits per heavy atom. The van der Waals surface area contributed by atoms with Crippen LogP contribution in [0.1, 0.15) is 21.7 Å². The summed E-state index contributed by atoms with van der Waals surface area (Å²) in [5, 5.41) is 24.5. The average molecular weight is 291 g/mol. The van der Waals surface area contributed by atoms with E-state index >= 15 is 0 Å². The number of aromatic nitrogens is 2. The van der Waals surface area contributed by atoms with Gasteiger partial charge in [0.25, 0.3) is 0 Å². The maximum Gasteiger partial charge on any atom is 0.339 e. The molecule has 0 unspecified atom stereocenters. The van der Waals surface area contributed by atoms with E-state index in [4.69, 9.17) is 4.74 Å². The first-order valence-corrected chi connectivity index (χ1v) is 5.99. The van der Waals surface area contributed by atoms with Gasteiger partial charge in [-0.25, -0.2) is 9.48 Å². The molecule has 0 atom stereocenters. The number of para-hydroxylation sites is 1. The van der Waals surface area contributed by atoms with Gasteiger partial charge in [-0.1, -0.05) is 6.07 Å². The summed E-state index contributed by atoms with van der Waals surface area (Å²) in [6.45, 7) is 3.09. The second kappa shape index (κ2) is 5.23. The van der Waals surface area contributed by atoms with E-state index in [0.717, 1.165) is 0 Å². The number of benzene rings is 1. The molecule has 0 bridgehead atoms. The Labute approximate surface area is 119 Å². The maximum atomic E-state index is 11.3. The van der Waals surface area contributed by atoms with E-state index in [1.807, 2.05) is 0 Å². The fourth-order valence-corrected chi connectivity index (χ4v) is 2.22. The summed E-state index contributed by atoms with van der Waals surface area (Å²) in [5.74, 6) is -1.04. The molecule has 0 amide bonds. The highest BCUT2D eigenvalue weighted by molar-refractivity contribution is 5.90. The van der Waals surface area contributed by atoms with Crippen molar-refractivity contribution < 1.29 is 19.6 Å². The number of hydrogen-bond donors (Lipinski definition) is 1. The molecule has 8 nitrogen and oxygen atoms in total. The number of aromatic carboxylic acids is 1. The molecule has 2 rings (SSSR count). The van der Waals surface area contributed by atoms with E-state index in [1.165, 1.54) is 23.9 Å². The van der Waals surface area contributed by atoms with Gasteiger partial charge in [-0.2, -0.15) is 5.10 Å². The number of carboxylic acid groups (broad SMARTS) is 1. The Morgan fingerprint density at radius 3 is 2.57 bits per heavy atom. The molecule has 0 aliphatic rings. The molecule has 0 saturated heterocycles. The van der Waals surface area contributed by atoms with Crippen molar-refractivity contribution >= 4 is 11.7 Å². The molecule has 0 saturated carbocycles. The summed E-state index contributed by atoms with van der Waals surface area (Å²) >= 11 is 0. The molecule has 110 valence electrons. The van der Waals surface area contributed by atoms with Gasteiger partial charge in [0.2, 0.25) is 0 Å². The van der Waals surface area contributed by atoms with Crippen LogP contribution in [0.4, 0.5) is 5.69 Å². The van der Waals surface area contributed by atoms with Gasteiger partial charge in [-0.15, -0.1) is 0 Å². The third-order valence-electron chi connectivity index (χ3n) is 3.11. The Bertz CT molecular complexity index is 736. The lowest BCUT2D eigenvalue weighted by molar-refractivity contribution is -0.385. The highest BCUT2D eigenvalue weighted by atomic mass is 16.6. The fourth-order valence-electron chi connectivity index (χ4n) is 2.22. The van der Waals surface area contributed by atoms with Gasteiger partial charge >= 0.3 is 11.7 Å². The quantitative estimate of drug-likeness (QED) is 0.682. The van der Waals surface area contributed by atoms with Crippen LogP contribution >= 0.6 is 0 Å². The van der Waals surface area contributed by atoms with Crippen molar-refractivity contribution in [3.63, 3.8) is 0 Å². The van der Waals surface area contributed by atoms with Crippen molar-refractivity contribution in [2.45, 2.75) is 13.8 Å². The SMILES string of the molecule is COc1cccc(-n2nc(C)c(C(=O)O)c2C)c1[N+](=O)[O-]. The molecule has 21 heavy (non-hydrogen) atoms. The van der Waals surface area contributed by atoms with Gasteiger partial charge in [0.15, 0.2) is 5.75 Å². The molecule has 0 aliphatic carbocycles. The van der Waals surface area contributed by atoms with E-state index < -0.39 is 10.9 Å². The molecule has 0 fully saturated rings. The standard InChI is InChI=1S/C13H13N3O5/c1-7-11(13(17)18)8(2)15(14-7)9-5-4-6-10(21-3)12(9)16(19)20/h4-6H,1-3H3,(H,17,18). The molecular formula is C13H13N3O5. The van der Waals surface area contributed by atoms with Crippen LogP contribution in [0.2, 0.25) is 0 Å². The minimum Gasteiger partial charge on any atom is -0.490 e. The van der Waals surface area contributed by atoms with Crippen molar-refractivity contribution in [3.8, 4) is 11.4 Å². The summed E-state index contributed by atoms with van der Waals surface area (Å²) in [6, 6.07) is 4.54. The molecule has 8 heteroatoms. The van der Waals surface area contributed by atoms with E-state index in [1.54, 1.807) is 19.9 Å². The van der Waals surface area contributed by atoms with E-state index in [0.29, 0.717) is 5.69 Å². The lowest BCUT2D eigenvalue weighted by Crippen LogP contribution is -2.06. The van der Waals surface area contributed by atoms with Crippen molar-refractivity contribution in [3.05, 3.63) is 45.3 Å². The summed E-state index contributed by atoms with van der Waals surface area (Å²) in [6.07, 6.45) is 0. The first-order chi connectivity index (χ1) is 9.88. The van der Waals surface area contributed by atoms with Crippen molar-refractivity contribution in [1.82, 2.24) is 9.78 Å².